The standard InChI is InChI=1S/C27H39NO5S/c1-16(13-21-15-34-20(5)28-21)23-12-10-8-9-11-22(29)18(3)17(2)19(4)26(32)27(6,7)24(30)14-25(31)33-23/h8,10,13,15,17-19,23-24,30H,9,11-12,14H2,1-7H3/b10-8-,16-13+/t17-,18+,19+,23-,24-/m0/s1. The van der Waals surface area contributed by atoms with Gasteiger partial charge >= 0.3 is 5.97 Å². The second-order valence-corrected chi connectivity index (χ2v) is 11.2. The van der Waals surface area contributed by atoms with Crippen LogP contribution in [0.3, 0.4) is 0 Å². The Bertz CT molecular complexity index is 945. The molecule has 0 amide bonds. The van der Waals surface area contributed by atoms with Gasteiger partial charge in [0.25, 0.3) is 0 Å². The fourth-order valence-electron chi connectivity index (χ4n) is 4.23. The molecule has 0 radical (unpaired) electrons. The van der Waals surface area contributed by atoms with E-state index in [2.05, 4.69) is 4.98 Å². The van der Waals surface area contributed by atoms with E-state index in [1.165, 1.54) is 0 Å². The number of allylic oxidation sites excluding steroid dienone is 1. The summed E-state index contributed by atoms with van der Waals surface area (Å²) in [5.74, 6) is -1.44. The largest absolute Gasteiger partial charge is 0.457 e. The Morgan fingerprint density at radius 2 is 1.85 bits per heavy atom. The van der Waals surface area contributed by atoms with Crippen LogP contribution in [0.5, 0.6) is 0 Å². The Hall–Kier alpha value is -2.12. The van der Waals surface area contributed by atoms with Crippen LogP contribution < -0.4 is 0 Å². The van der Waals surface area contributed by atoms with Crippen molar-refractivity contribution < 1.29 is 24.2 Å². The van der Waals surface area contributed by atoms with Crippen LogP contribution in [0.1, 0.15) is 77.9 Å². The lowest BCUT2D eigenvalue weighted by Crippen LogP contribution is -2.44. The zero-order chi connectivity index (χ0) is 25.6. The summed E-state index contributed by atoms with van der Waals surface area (Å²) >= 11 is 1.55. The van der Waals surface area contributed by atoms with E-state index in [1.54, 1.807) is 32.1 Å². The first-order valence-corrected chi connectivity index (χ1v) is 12.9. The van der Waals surface area contributed by atoms with Gasteiger partial charge in [-0.1, -0.05) is 46.8 Å². The molecule has 0 aliphatic carbocycles. The summed E-state index contributed by atoms with van der Waals surface area (Å²) in [6.07, 6.45) is 5.21. The lowest BCUT2D eigenvalue weighted by Gasteiger charge is -2.34. The van der Waals surface area contributed by atoms with E-state index in [0.29, 0.717) is 19.3 Å². The quantitative estimate of drug-likeness (QED) is 0.446. The molecule has 1 aliphatic rings. The van der Waals surface area contributed by atoms with Crippen LogP contribution >= 0.6 is 11.3 Å². The summed E-state index contributed by atoms with van der Waals surface area (Å²) in [6.45, 7) is 12.7. The average molecular weight is 490 g/mol. The molecule has 188 valence electrons. The molecule has 1 aromatic rings. The first kappa shape index (κ1) is 28.1. The smallest absolute Gasteiger partial charge is 0.309 e. The van der Waals surface area contributed by atoms with Crippen molar-refractivity contribution in [2.75, 3.05) is 0 Å². The minimum atomic E-state index is -1.19. The number of carbonyl (C=O) groups excluding carboxylic acids is 3. The molecule has 2 heterocycles. The number of thiazole rings is 1. The minimum absolute atomic E-state index is 0.125. The maximum Gasteiger partial charge on any atom is 0.309 e. The number of ketones is 2. The number of carbonyl (C=O) groups is 3. The Labute approximate surface area is 207 Å². The van der Waals surface area contributed by atoms with Crippen molar-refractivity contribution in [2.45, 2.75) is 86.4 Å². The number of esters is 1. The number of hydrogen-bond donors (Lipinski definition) is 1. The lowest BCUT2D eigenvalue weighted by atomic mass is 9.70. The summed E-state index contributed by atoms with van der Waals surface area (Å²) in [5, 5.41) is 13.7. The van der Waals surface area contributed by atoms with Gasteiger partial charge in [0.2, 0.25) is 0 Å². The van der Waals surface area contributed by atoms with E-state index < -0.39 is 29.5 Å². The topological polar surface area (TPSA) is 93.6 Å². The molecular formula is C27H39NO5S. The Kier molecular flexibility index (Phi) is 9.95. The van der Waals surface area contributed by atoms with Gasteiger partial charge in [0, 0.05) is 30.1 Å². The molecule has 34 heavy (non-hydrogen) atoms. The number of ether oxygens (including phenoxy) is 1. The van der Waals surface area contributed by atoms with Crippen LogP contribution in [0.2, 0.25) is 0 Å². The first-order chi connectivity index (χ1) is 15.8. The van der Waals surface area contributed by atoms with Gasteiger partial charge in [0.05, 0.1) is 28.6 Å². The predicted octanol–water partition coefficient (Wildman–Crippen LogP) is 5.33. The van der Waals surface area contributed by atoms with Crippen molar-refractivity contribution in [3.63, 3.8) is 0 Å². The fourth-order valence-corrected chi connectivity index (χ4v) is 4.80. The monoisotopic (exact) mass is 489 g/mol. The summed E-state index contributed by atoms with van der Waals surface area (Å²) in [5.41, 5.74) is 0.494. The molecular weight excluding hydrogens is 450 g/mol. The fraction of sp³-hybridized carbons (Fsp3) is 0.630. The van der Waals surface area contributed by atoms with Crippen LogP contribution in [0.25, 0.3) is 6.08 Å². The lowest BCUT2D eigenvalue weighted by molar-refractivity contribution is -0.153. The molecule has 1 aliphatic heterocycles. The van der Waals surface area contributed by atoms with Gasteiger partial charge in [-0.15, -0.1) is 11.3 Å². The third-order valence-electron chi connectivity index (χ3n) is 7.20. The zero-order valence-corrected chi connectivity index (χ0v) is 22.3. The number of nitrogens with zero attached hydrogens (tertiary/aromatic N) is 1. The molecule has 7 heteroatoms. The van der Waals surface area contributed by atoms with Gasteiger partial charge in [-0.3, -0.25) is 14.4 Å². The van der Waals surface area contributed by atoms with Gasteiger partial charge in [-0.2, -0.15) is 0 Å². The van der Waals surface area contributed by atoms with Crippen molar-refractivity contribution in [1.29, 1.82) is 0 Å². The molecule has 1 N–H and O–H groups in total. The van der Waals surface area contributed by atoms with Gasteiger partial charge in [-0.05, 0) is 37.8 Å². The molecule has 6 nitrogen and oxygen atoms in total. The second-order valence-electron chi connectivity index (χ2n) is 10.1. The van der Waals surface area contributed by atoms with E-state index in [0.717, 1.165) is 16.3 Å². The molecule has 0 saturated heterocycles. The van der Waals surface area contributed by atoms with Crippen LogP contribution in [0.4, 0.5) is 0 Å². The molecule has 1 aromatic heterocycles. The van der Waals surface area contributed by atoms with Crippen LogP contribution in [0.15, 0.2) is 23.1 Å². The average Bonchev–Trinajstić information content (AvgIpc) is 3.19. The second kappa shape index (κ2) is 12.0. The Balaban J connectivity index is 2.32. The summed E-state index contributed by atoms with van der Waals surface area (Å²) in [6, 6.07) is 0. The van der Waals surface area contributed by atoms with Crippen LogP contribution in [-0.2, 0) is 19.1 Å². The number of aromatic nitrogens is 1. The van der Waals surface area contributed by atoms with E-state index >= 15 is 0 Å². The van der Waals surface area contributed by atoms with Crippen molar-refractivity contribution in [2.24, 2.45) is 23.2 Å². The maximum absolute atomic E-state index is 13.3. The molecule has 0 fully saturated rings. The Morgan fingerprint density at radius 3 is 2.47 bits per heavy atom. The van der Waals surface area contributed by atoms with Crippen molar-refractivity contribution in [3.8, 4) is 0 Å². The van der Waals surface area contributed by atoms with Crippen molar-refractivity contribution >= 4 is 34.9 Å². The van der Waals surface area contributed by atoms with Gasteiger partial charge in [0.15, 0.2) is 0 Å². The van der Waals surface area contributed by atoms with Gasteiger partial charge in [0.1, 0.15) is 17.7 Å². The molecule has 5 atom stereocenters. The zero-order valence-electron chi connectivity index (χ0n) is 21.5. The number of aliphatic hydroxyl groups excluding tert-OH is 1. The first-order valence-electron chi connectivity index (χ1n) is 12.0. The highest BCUT2D eigenvalue weighted by atomic mass is 32.1. The highest BCUT2D eigenvalue weighted by Crippen LogP contribution is 2.34. The minimum Gasteiger partial charge on any atom is -0.457 e. The summed E-state index contributed by atoms with van der Waals surface area (Å²) in [7, 11) is 0. The maximum atomic E-state index is 13.3. The van der Waals surface area contributed by atoms with Crippen LogP contribution in [0, 0.1) is 30.1 Å². The summed E-state index contributed by atoms with van der Waals surface area (Å²) < 4.78 is 5.76. The number of aliphatic hydroxyl groups is 1. The number of aryl methyl sites for hydroxylation is 1. The van der Waals surface area contributed by atoms with Crippen molar-refractivity contribution in [3.05, 3.63) is 33.8 Å². The number of Topliss-reactive ketones (excluding diaryl/α,β-unsaturated/α-hetero) is 2. The Morgan fingerprint density at radius 1 is 1.18 bits per heavy atom. The van der Waals surface area contributed by atoms with E-state index in [-0.39, 0.29) is 29.8 Å². The normalized spacial score (nSPS) is 31.2. The number of hydrogen-bond acceptors (Lipinski definition) is 7. The third-order valence-corrected chi connectivity index (χ3v) is 7.99. The molecule has 0 bridgehead atoms. The molecule has 2 rings (SSSR count). The molecule has 0 unspecified atom stereocenters. The van der Waals surface area contributed by atoms with E-state index in [4.69, 9.17) is 4.74 Å². The van der Waals surface area contributed by atoms with E-state index in [1.807, 2.05) is 51.3 Å². The van der Waals surface area contributed by atoms with E-state index in [9.17, 15) is 19.5 Å². The number of cyclic esters (lactones) is 1. The predicted molar refractivity (Wildman–Crippen MR) is 135 cm³/mol. The molecule has 0 saturated carbocycles. The number of rotatable bonds is 2. The third kappa shape index (κ3) is 7.19. The van der Waals surface area contributed by atoms with Gasteiger partial charge in [-0.25, -0.2) is 4.98 Å². The SMILES string of the molecule is C/C(=C\c1csc(C)n1)[C@@H]1C/C=C\CCC(=O)[C@H](C)[C@H](C)[C@@H](C)C(=O)C(C)(C)[C@@H](O)CC(=O)O1. The molecule has 0 spiro atoms. The highest BCUT2D eigenvalue weighted by Gasteiger charge is 2.42. The summed E-state index contributed by atoms with van der Waals surface area (Å²) in [4.78, 5) is 43.2. The van der Waals surface area contributed by atoms with Gasteiger partial charge < -0.3 is 9.84 Å². The van der Waals surface area contributed by atoms with Crippen molar-refractivity contribution in [1.82, 2.24) is 4.98 Å². The van der Waals surface area contributed by atoms with Crippen LogP contribution in [-0.4, -0.2) is 39.8 Å². The molecule has 0 aromatic carbocycles. The highest BCUT2D eigenvalue weighted by molar-refractivity contribution is 7.09.